The first kappa shape index (κ1) is 15.4. The van der Waals surface area contributed by atoms with Crippen molar-refractivity contribution >= 4 is 5.97 Å². The molecule has 0 radical (unpaired) electrons. The predicted molar refractivity (Wildman–Crippen MR) is 73.5 cm³/mol. The van der Waals surface area contributed by atoms with Crippen molar-refractivity contribution in [2.75, 3.05) is 19.6 Å². The topological polar surface area (TPSA) is 66.6 Å². The SMILES string of the molecule is CCC(CC)CN(CC)CC(N)(C(=O)O)C1CC1. The Morgan fingerprint density at radius 1 is 1.39 bits per heavy atom. The summed E-state index contributed by atoms with van der Waals surface area (Å²) in [5.41, 5.74) is 5.10. The highest BCUT2D eigenvalue weighted by atomic mass is 16.4. The molecule has 0 amide bonds. The van der Waals surface area contributed by atoms with Crippen molar-refractivity contribution in [1.29, 1.82) is 0 Å². The summed E-state index contributed by atoms with van der Waals surface area (Å²) in [6, 6.07) is 0. The average Bonchev–Trinajstić information content (AvgIpc) is 3.18. The number of rotatable bonds is 9. The maximum atomic E-state index is 11.4. The molecule has 0 aliphatic heterocycles. The molecule has 4 heteroatoms. The van der Waals surface area contributed by atoms with Crippen molar-refractivity contribution < 1.29 is 9.90 Å². The summed E-state index contributed by atoms with van der Waals surface area (Å²) in [6.45, 7) is 8.78. The van der Waals surface area contributed by atoms with Gasteiger partial charge in [0.15, 0.2) is 0 Å². The van der Waals surface area contributed by atoms with Gasteiger partial charge in [-0.25, -0.2) is 0 Å². The zero-order chi connectivity index (χ0) is 13.8. The third-order valence-corrected chi connectivity index (χ3v) is 4.31. The number of nitrogens with zero attached hydrogens (tertiary/aromatic N) is 1. The smallest absolute Gasteiger partial charge is 0.325 e. The van der Waals surface area contributed by atoms with Crippen LogP contribution in [0.15, 0.2) is 0 Å². The highest BCUT2D eigenvalue weighted by Crippen LogP contribution is 2.39. The number of likely N-dealkylation sites (N-methyl/N-ethyl adjacent to an activating group) is 1. The largest absolute Gasteiger partial charge is 0.480 e. The Morgan fingerprint density at radius 3 is 2.28 bits per heavy atom. The molecule has 1 aliphatic carbocycles. The van der Waals surface area contributed by atoms with Crippen molar-refractivity contribution in [2.45, 2.75) is 52.0 Å². The van der Waals surface area contributed by atoms with Gasteiger partial charge >= 0.3 is 5.97 Å². The average molecular weight is 256 g/mol. The van der Waals surface area contributed by atoms with Gasteiger partial charge in [0, 0.05) is 13.1 Å². The monoisotopic (exact) mass is 256 g/mol. The first-order valence-corrected chi connectivity index (χ1v) is 7.22. The Bertz CT molecular complexity index is 275. The van der Waals surface area contributed by atoms with E-state index in [-0.39, 0.29) is 5.92 Å². The molecule has 1 saturated carbocycles. The number of carboxylic acids is 1. The number of nitrogens with two attached hydrogens (primary N) is 1. The Hall–Kier alpha value is -0.610. The lowest BCUT2D eigenvalue weighted by Crippen LogP contribution is -2.58. The number of carbonyl (C=O) groups is 1. The molecule has 0 spiro atoms. The van der Waals surface area contributed by atoms with Gasteiger partial charge in [-0.2, -0.15) is 0 Å². The summed E-state index contributed by atoms with van der Waals surface area (Å²) in [4.78, 5) is 13.6. The van der Waals surface area contributed by atoms with E-state index in [2.05, 4.69) is 25.7 Å². The lowest BCUT2D eigenvalue weighted by molar-refractivity contribution is -0.145. The van der Waals surface area contributed by atoms with E-state index >= 15 is 0 Å². The maximum Gasteiger partial charge on any atom is 0.325 e. The first-order valence-electron chi connectivity index (χ1n) is 7.22. The number of carboxylic acid groups (broad SMARTS) is 1. The van der Waals surface area contributed by atoms with E-state index in [1.807, 2.05) is 0 Å². The normalized spacial score (nSPS) is 19.2. The van der Waals surface area contributed by atoms with Crippen LogP contribution in [0.3, 0.4) is 0 Å². The van der Waals surface area contributed by atoms with Crippen molar-refractivity contribution in [1.82, 2.24) is 4.90 Å². The van der Waals surface area contributed by atoms with Crippen LogP contribution in [0.25, 0.3) is 0 Å². The summed E-state index contributed by atoms with van der Waals surface area (Å²) in [6.07, 6.45) is 4.21. The van der Waals surface area contributed by atoms with E-state index < -0.39 is 11.5 Å². The summed E-state index contributed by atoms with van der Waals surface area (Å²) in [5.74, 6) is -0.0269. The highest BCUT2D eigenvalue weighted by molar-refractivity contribution is 5.79. The third-order valence-electron chi connectivity index (χ3n) is 4.31. The second-order valence-electron chi connectivity index (χ2n) is 5.63. The van der Waals surface area contributed by atoms with E-state index in [9.17, 15) is 9.90 Å². The highest BCUT2D eigenvalue weighted by Gasteiger charge is 2.49. The zero-order valence-corrected chi connectivity index (χ0v) is 12.0. The van der Waals surface area contributed by atoms with Crippen LogP contribution in [0, 0.1) is 11.8 Å². The molecule has 4 nitrogen and oxygen atoms in total. The van der Waals surface area contributed by atoms with E-state index in [4.69, 9.17) is 5.73 Å². The molecule has 0 saturated heterocycles. The molecule has 1 atom stereocenters. The lowest BCUT2D eigenvalue weighted by atomic mass is 9.93. The minimum atomic E-state index is -1.04. The fourth-order valence-corrected chi connectivity index (χ4v) is 2.56. The molecule has 0 heterocycles. The van der Waals surface area contributed by atoms with Crippen LogP contribution in [0.2, 0.25) is 0 Å². The van der Waals surface area contributed by atoms with Gasteiger partial charge in [-0.05, 0) is 31.2 Å². The van der Waals surface area contributed by atoms with Gasteiger partial charge in [0.05, 0.1) is 0 Å². The standard InChI is InChI=1S/C14H28N2O2/c1-4-11(5-2)9-16(6-3)10-14(15,13(17)18)12-7-8-12/h11-12H,4-10,15H2,1-3H3,(H,17,18). The van der Waals surface area contributed by atoms with Gasteiger partial charge in [-0.1, -0.05) is 33.6 Å². The van der Waals surface area contributed by atoms with Crippen LogP contribution in [0.1, 0.15) is 46.5 Å². The van der Waals surface area contributed by atoms with Crippen LogP contribution < -0.4 is 5.73 Å². The first-order chi connectivity index (χ1) is 8.47. The molecule has 0 aromatic heterocycles. The van der Waals surface area contributed by atoms with Gasteiger partial charge in [0.1, 0.15) is 5.54 Å². The molecule has 1 aliphatic rings. The molecule has 1 fully saturated rings. The quantitative estimate of drug-likeness (QED) is 0.661. The molecule has 3 N–H and O–H groups in total. The van der Waals surface area contributed by atoms with E-state index in [0.717, 1.165) is 38.8 Å². The molecule has 1 rings (SSSR count). The Kier molecular flexibility index (Phi) is 5.60. The molecule has 0 bridgehead atoms. The van der Waals surface area contributed by atoms with Crippen LogP contribution in [0.5, 0.6) is 0 Å². The van der Waals surface area contributed by atoms with E-state index in [1.54, 1.807) is 0 Å². The minimum Gasteiger partial charge on any atom is -0.480 e. The van der Waals surface area contributed by atoms with Crippen LogP contribution in [-0.4, -0.2) is 41.1 Å². The Morgan fingerprint density at radius 2 is 1.94 bits per heavy atom. The Balaban J connectivity index is 2.62. The molecule has 0 aromatic rings. The second kappa shape index (κ2) is 6.53. The van der Waals surface area contributed by atoms with Gasteiger partial charge in [-0.15, -0.1) is 0 Å². The predicted octanol–water partition coefficient (Wildman–Crippen LogP) is 1.94. The van der Waals surface area contributed by atoms with Crippen LogP contribution >= 0.6 is 0 Å². The third kappa shape index (κ3) is 3.69. The fraction of sp³-hybridized carbons (Fsp3) is 0.929. The van der Waals surface area contributed by atoms with Gasteiger partial charge in [0.25, 0.3) is 0 Å². The van der Waals surface area contributed by atoms with Crippen LogP contribution in [-0.2, 0) is 4.79 Å². The second-order valence-corrected chi connectivity index (χ2v) is 5.63. The fourth-order valence-electron chi connectivity index (χ4n) is 2.56. The molecular formula is C14H28N2O2. The van der Waals surface area contributed by atoms with Crippen LogP contribution in [0.4, 0.5) is 0 Å². The minimum absolute atomic E-state index is 0.172. The lowest BCUT2D eigenvalue weighted by Gasteiger charge is -2.33. The van der Waals surface area contributed by atoms with Gasteiger partial charge < -0.3 is 15.7 Å². The number of hydrogen-bond acceptors (Lipinski definition) is 3. The van der Waals surface area contributed by atoms with Crippen molar-refractivity contribution in [3.63, 3.8) is 0 Å². The molecular weight excluding hydrogens is 228 g/mol. The summed E-state index contributed by atoms with van der Waals surface area (Å²) < 4.78 is 0. The van der Waals surface area contributed by atoms with Crippen molar-refractivity contribution in [2.24, 2.45) is 17.6 Å². The molecule has 0 aromatic carbocycles. The molecule has 1 unspecified atom stereocenters. The van der Waals surface area contributed by atoms with Crippen molar-refractivity contribution in [3.05, 3.63) is 0 Å². The van der Waals surface area contributed by atoms with E-state index in [0.29, 0.717) is 12.5 Å². The summed E-state index contributed by atoms with van der Waals surface area (Å²) >= 11 is 0. The summed E-state index contributed by atoms with van der Waals surface area (Å²) in [5, 5.41) is 9.38. The van der Waals surface area contributed by atoms with E-state index in [1.165, 1.54) is 0 Å². The van der Waals surface area contributed by atoms with Gasteiger partial charge in [0.2, 0.25) is 0 Å². The van der Waals surface area contributed by atoms with Crippen molar-refractivity contribution in [3.8, 4) is 0 Å². The Labute approximate surface area is 111 Å². The summed E-state index contributed by atoms with van der Waals surface area (Å²) in [7, 11) is 0. The number of aliphatic carboxylic acids is 1. The molecule has 18 heavy (non-hydrogen) atoms. The van der Waals surface area contributed by atoms with Gasteiger partial charge in [-0.3, -0.25) is 4.79 Å². The maximum absolute atomic E-state index is 11.4. The number of hydrogen-bond donors (Lipinski definition) is 2. The zero-order valence-electron chi connectivity index (χ0n) is 12.0. The molecule has 106 valence electrons.